The van der Waals surface area contributed by atoms with Gasteiger partial charge in [0.1, 0.15) is 23.1 Å². The number of carbonyl (C=O) groups excluding carboxylic acids is 2. The number of allylic oxidation sites excluding steroid dienone is 1. The van der Waals surface area contributed by atoms with E-state index < -0.39 is 23.6 Å². The van der Waals surface area contributed by atoms with Gasteiger partial charge in [-0.3, -0.25) is 19.4 Å². The van der Waals surface area contributed by atoms with Gasteiger partial charge >= 0.3 is 6.09 Å². The molecule has 0 saturated heterocycles. The van der Waals surface area contributed by atoms with Crippen molar-refractivity contribution in [1.82, 2.24) is 29.7 Å². The number of nitrogens with zero attached hydrogens (tertiary/aromatic N) is 4. The zero-order valence-electron chi connectivity index (χ0n) is 21.9. The average molecular weight is 524 g/mol. The molecule has 0 bridgehead atoms. The molecule has 3 rings (SSSR count). The van der Waals surface area contributed by atoms with Crippen LogP contribution < -0.4 is 16.2 Å². The third-order valence-corrected chi connectivity index (χ3v) is 5.66. The zero-order chi connectivity index (χ0) is 27.8. The molecular weight excluding hydrogens is 490 g/mol. The predicted octanol–water partition coefficient (Wildman–Crippen LogP) is 2.37. The maximum atomic E-state index is 13.1. The first-order valence-electron chi connectivity index (χ1n) is 12.2. The SMILES string of the molecule is CC(C)Cc1nccc2[nH]c(Cn3cccc(NC(=O)[C@H](CC/C=C/C(=O)N(C)C)NC(=O)O)c3=O)nc12. The smallest absolute Gasteiger partial charge is 0.405 e. The number of aromatic amines is 1. The fourth-order valence-electron chi connectivity index (χ4n) is 3.80. The monoisotopic (exact) mass is 523 g/mol. The molecule has 0 unspecified atom stereocenters. The van der Waals surface area contributed by atoms with E-state index in [0.717, 1.165) is 23.1 Å². The summed E-state index contributed by atoms with van der Waals surface area (Å²) in [5, 5.41) is 13.8. The second kappa shape index (κ2) is 12.7. The van der Waals surface area contributed by atoms with E-state index in [2.05, 4.69) is 39.4 Å². The summed E-state index contributed by atoms with van der Waals surface area (Å²) in [4.78, 5) is 62.5. The van der Waals surface area contributed by atoms with Gasteiger partial charge in [-0.25, -0.2) is 9.78 Å². The molecule has 0 radical (unpaired) electrons. The van der Waals surface area contributed by atoms with E-state index >= 15 is 0 Å². The first-order valence-corrected chi connectivity index (χ1v) is 12.2. The zero-order valence-corrected chi connectivity index (χ0v) is 21.9. The van der Waals surface area contributed by atoms with Gasteiger partial charge in [0.25, 0.3) is 5.56 Å². The van der Waals surface area contributed by atoms with Crippen LogP contribution in [0.25, 0.3) is 11.0 Å². The van der Waals surface area contributed by atoms with Crippen LogP contribution in [0, 0.1) is 5.92 Å². The molecule has 3 heterocycles. The van der Waals surface area contributed by atoms with Gasteiger partial charge in [-0.05, 0) is 49.5 Å². The summed E-state index contributed by atoms with van der Waals surface area (Å²) in [5.41, 5.74) is 2.01. The molecule has 0 aliphatic carbocycles. The Hall–Kier alpha value is -4.48. The number of imidazole rings is 1. The van der Waals surface area contributed by atoms with Gasteiger partial charge in [0.15, 0.2) is 0 Å². The number of anilines is 1. The van der Waals surface area contributed by atoms with Gasteiger partial charge in [0.05, 0.1) is 17.8 Å². The number of carbonyl (C=O) groups is 3. The molecule has 4 N–H and O–H groups in total. The van der Waals surface area contributed by atoms with Crippen LogP contribution in [0.3, 0.4) is 0 Å². The van der Waals surface area contributed by atoms with Crippen LogP contribution in [0.4, 0.5) is 10.5 Å². The van der Waals surface area contributed by atoms with E-state index in [0.29, 0.717) is 11.7 Å². The lowest BCUT2D eigenvalue weighted by Gasteiger charge is -2.16. The van der Waals surface area contributed by atoms with E-state index in [-0.39, 0.29) is 31.0 Å². The van der Waals surface area contributed by atoms with Crippen molar-refractivity contribution >= 4 is 34.6 Å². The van der Waals surface area contributed by atoms with Crippen LogP contribution >= 0.6 is 0 Å². The summed E-state index contributed by atoms with van der Waals surface area (Å²) in [6, 6.07) is 3.77. The largest absolute Gasteiger partial charge is 0.465 e. The van der Waals surface area contributed by atoms with E-state index in [1.807, 2.05) is 6.07 Å². The number of fused-ring (bicyclic) bond motifs is 1. The van der Waals surface area contributed by atoms with Gasteiger partial charge in [-0.2, -0.15) is 0 Å². The van der Waals surface area contributed by atoms with E-state index in [4.69, 9.17) is 5.11 Å². The quantitative estimate of drug-likeness (QED) is 0.280. The van der Waals surface area contributed by atoms with Crippen molar-refractivity contribution in [2.75, 3.05) is 19.4 Å². The number of nitrogens with one attached hydrogen (secondary N) is 3. The van der Waals surface area contributed by atoms with Crippen molar-refractivity contribution in [2.24, 2.45) is 5.92 Å². The maximum Gasteiger partial charge on any atom is 0.405 e. The summed E-state index contributed by atoms with van der Waals surface area (Å²) in [7, 11) is 3.22. The molecule has 0 aliphatic heterocycles. The number of hydrogen-bond donors (Lipinski definition) is 4. The Balaban J connectivity index is 1.74. The summed E-state index contributed by atoms with van der Waals surface area (Å²) < 4.78 is 1.40. The highest BCUT2D eigenvalue weighted by Crippen LogP contribution is 2.18. The second-order valence-electron chi connectivity index (χ2n) is 9.49. The van der Waals surface area contributed by atoms with Crippen molar-refractivity contribution in [3.8, 4) is 0 Å². The molecule has 1 atom stereocenters. The van der Waals surface area contributed by atoms with Gasteiger partial charge in [-0.15, -0.1) is 0 Å². The van der Waals surface area contributed by atoms with Crippen LogP contribution in [-0.2, 0) is 22.6 Å². The highest BCUT2D eigenvalue weighted by Gasteiger charge is 2.21. The third kappa shape index (κ3) is 7.51. The van der Waals surface area contributed by atoms with Crippen LogP contribution in [-0.4, -0.2) is 67.6 Å². The van der Waals surface area contributed by atoms with Crippen LogP contribution in [0.15, 0.2) is 47.5 Å². The van der Waals surface area contributed by atoms with E-state index in [1.54, 1.807) is 38.6 Å². The number of amides is 3. The van der Waals surface area contributed by atoms with Crippen molar-refractivity contribution in [3.05, 3.63) is 64.6 Å². The topological polar surface area (TPSA) is 162 Å². The second-order valence-corrected chi connectivity index (χ2v) is 9.49. The first-order chi connectivity index (χ1) is 18.0. The molecule has 0 spiro atoms. The first kappa shape index (κ1) is 28.1. The fraction of sp³-hybridized carbons (Fsp3) is 0.385. The van der Waals surface area contributed by atoms with Crippen LogP contribution in [0.2, 0.25) is 0 Å². The molecule has 0 saturated carbocycles. The van der Waals surface area contributed by atoms with Gasteiger partial charge in [-0.1, -0.05) is 19.9 Å². The van der Waals surface area contributed by atoms with Gasteiger partial charge in [0, 0.05) is 26.5 Å². The molecule has 3 amide bonds. The lowest BCUT2D eigenvalue weighted by atomic mass is 10.1. The highest BCUT2D eigenvalue weighted by atomic mass is 16.4. The molecule has 12 nitrogen and oxygen atoms in total. The summed E-state index contributed by atoms with van der Waals surface area (Å²) in [6.07, 6.45) is 6.00. The Kier molecular flexibility index (Phi) is 9.36. The number of H-pyrrole nitrogens is 1. The van der Waals surface area contributed by atoms with Crippen molar-refractivity contribution in [3.63, 3.8) is 0 Å². The number of rotatable bonds is 11. The Morgan fingerprint density at radius 3 is 2.68 bits per heavy atom. The highest BCUT2D eigenvalue weighted by molar-refractivity contribution is 5.96. The lowest BCUT2D eigenvalue weighted by Crippen LogP contribution is -2.44. The summed E-state index contributed by atoms with van der Waals surface area (Å²) in [6.45, 7) is 4.35. The average Bonchev–Trinajstić information content (AvgIpc) is 3.26. The Morgan fingerprint density at radius 2 is 2.00 bits per heavy atom. The molecule has 0 aromatic carbocycles. The molecular formula is C26H33N7O5. The summed E-state index contributed by atoms with van der Waals surface area (Å²) in [5.74, 6) is 0.0712. The van der Waals surface area contributed by atoms with Gasteiger partial charge in [0.2, 0.25) is 11.8 Å². The number of pyridine rings is 2. The van der Waals surface area contributed by atoms with Crippen LogP contribution in [0.1, 0.15) is 38.2 Å². The lowest BCUT2D eigenvalue weighted by molar-refractivity contribution is -0.123. The third-order valence-electron chi connectivity index (χ3n) is 5.66. The minimum Gasteiger partial charge on any atom is -0.465 e. The number of hydrogen-bond acceptors (Lipinski definition) is 6. The number of likely N-dealkylation sites (N-methyl/N-ethyl adjacent to an activating group) is 1. The Bertz CT molecular complexity index is 1390. The predicted molar refractivity (Wildman–Crippen MR) is 143 cm³/mol. The maximum absolute atomic E-state index is 13.1. The fourth-order valence-corrected chi connectivity index (χ4v) is 3.80. The summed E-state index contributed by atoms with van der Waals surface area (Å²) >= 11 is 0. The molecule has 3 aromatic rings. The molecule has 0 aliphatic rings. The van der Waals surface area contributed by atoms with E-state index in [1.165, 1.54) is 21.6 Å². The van der Waals surface area contributed by atoms with Gasteiger partial charge < -0.3 is 30.2 Å². The van der Waals surface area contributed by atoms with Crippen molar-refractivity contribution in [1.29, 1.82) is 0 Å². The normalized spacial score (nSPS) is 12.1. The molecule has 12 heteroatoms. The Morgan fingerprint density at radius 1 is 1.24 bits per heavy atom. The van der Waals surface area contributed by atoms with E-state index in [9.17, 15) is 19.2 Å². The Labute approximate surface area is 219 Å². The van der Waals surface area contributed by atoms with Crippen LogP contribution in [0.5, 0.6) is 0 Å². The van der Waals surface area contributed by atoms with Crippen molar-refractivity contribution in [2.45, 2.75) is 45.7 Å². The minimum absolute atomic E-state index is 0.00583. The molecule has 202 valence electrons. The molecule has 0 fully saturated rings. The number of carboxylic acid groups (broad SMARTS) is 1. The standard InChI is InChI=1S/C26H33N7O5/c1-16(2)14-20-23-17(11-12-27-20)28-21(31-23)15-33-13-7-9-19(25(33)36)29-24(35)18(30-26(37)38)8-5-6-10-22(34)32(3)4/h6-7,9-13,16,18,30H,5,8,14-15H2,1-4H3,(H,28,31)(H,29,35)(H,37,38)/b10-6+/t18-/m0/s1. The molecule has 3 aromatic heterocycles. The van der Waals surface area contributed by atoms with Crippen molar-refractivity contribution < 1.29 is 19.5 Å². The minimum atomic E-state index is -1.37. The number of aromatic nitrogens is 4. The molecule has 38 heavy (non-hydrogen) atoms.